The van der Waals surface area contributed by atoms with Crippen LogP contribution in [0.3, 0.4) is 0 Å². The molecule has 7 heteroatoms. The minimum absolute atomic E-state index is 0.232. The Morgan fingerprint density at radius 1 is 1.37 bits per heavy atom. The number of hydrogen-bond donors (Lipinski definition) is 1. The molecule has 2 aromatic rings. The van der Waals surface area contributed by atoms with Gasteiger partial charge < -0.3 is 9.84 Å². The van der Waals surface area contributed by atoms with E-state index in [1.807, 2.05) is 0 Å². The van der Waals surface area contributed by atoms with Crippen molar-refractivity contribution in [1.29, 1.82) is 0 Å². The van der Waals surface area contributed by atoms with Crippen molar-refractivity contribution in [3.8, 4) is 5.75 Å². The highest BCUT2D eigenvalue weighted by molar-refractivity contribution is 5.87. The van der Waals surface area contributed by atoms with E-state index in [9.17, 15) is 4.79 Å². The van der Waals surface area contributed by atoms with Crippen LogP contribution in [0, 0.1) is 0 Å². The zero-order valence-corrected chi connectivity index (χ0v) is 10.1. The maximum atomic E-state index is 10.7. The Morgan fingerprint density at radius 2 is 2.11 bits per heavy atom. The fourth-order valence-corrected chi connectivity index (χ4v) is 1.75. The van der Waals surface area contributed by atoms with Gasteiger partial charge in [0.05, 0.1) is 11.6 Å². The highest BCUT2D eigenvalue weighted by atomic mass is 16.5. The maximum absolute atomic E-state index is 10.7. The summed E-state index contributed by atoms with van der Waals surface area (Å²) >= 11 is 0. The number of benzene rings is 1. The summed E-state index contributed by atoms with van der Waals surface area (Å²) in [6, 6.07) is 6.65. The predicted molar refractivity (Wildman–Crippen MR) is 63.8 cm³/mol. The van der Waals surface area contributed by atoms with Gasteiger partial charge in [-0.15, -0.1) is 5.10 Å². The Kier molecular flexibility index (Phi) is 2.86. The summed E-state index contributed by atoms with van der Waals surface area (Å²) in [6.45, 7) is 0.274. The first kappa shape index (κ1) is 11.6. The fraction of sp³-hybridized carbons (Fsp3) is 0.333. The van der Waals surface area contributed by atoms with Gasteiger partial charge in [-0.3, -0.25) is 0 Å². The highest BCUT2D eigenvalue weighted by Gasteiger charge is 2.27. The summed E-state index contributed by atoms with van der Waals surface area (Å²) < 4.78 is 7.33. The molecule has 1 aliphatic carbocycles. The van der Waals surface area contributed by atoms with Crippen molar-refractivity contribution in [3.05, 3.63) is 35.7 Å². The molecule has 0 atom stereocenters. The molecule has 7 nitrogen and oxygen atoms in total. The first-order chi connectivity index (χ1) is 9.24. The average molecular weight is 260 g/mol. The summed E-state index contributed by atoms with van der Waals surface area (Å²) in [5.74, 6) is 0.324. The summed E-state index contributed by atoms with van der Waals surface area (Å²) in [4.78, 5) is 10.7. The molecular formula is C12H12N4O3. The van der Waals surface area contributed by atoms with E-state index in [0.717, 1.165) is 12.8 Å². The lowest BCUT2D eigenvalue weighted by atomic mass is 10.2. The molecule has 0 radical (unpaired) electrons. The van der Waals surface area contributed by atoms with Crippen LogP contribution >= 0.6 is 0 Å². The Hall–Kier alpha value is -2.44. The van der Waals surface area contributed by atoms with Gasteiger partial charge in [0.15, 0.2) is 5.82 Å². The first-order valence-electron chi connectivity index (χ1n) is 5.97. The Morgan fingerprint density at radius 3 is 2.74 bits per heavy atom. The van der Waals surface area contributed by atoms with E-state index < -0.39 is 5.97 Å². The normalized spacial score (nSPS) is 14.3. The van der Waals surface area contributed by atoms with Gasteiger partial charge in [0, 0.05) is 0 Å². The van der Waals surface area contributed by atoms with E-state index in [1.54, 1.807) is 16.8 Å². The molecule has 1 saturated carbocycles. The molecule has 1 aromatic carbocycles. The average Bonchev–Trinajstić information content (AvgIpc) is 3.16. The molecule has 3 rings (SSSR count). The van der Waals surface area contributed by atoms with Gasteiger partial charge in [-0.05, 0) is 47.5 Å². The predicted octanol–water partition coefficient (Wildman–Crippen LogP) is 1.29. The molecule has 0 bridgehead atoms. The van der Waals surface area contributed by atoms with Crippen molar-refractivity contribution in [3.63, 3.8) is 0 Å². The maximum Gasteiger partial charge on any atom is 0.335 e. The Labute approximate surface area is 108 Å². The number of ether oxygens (including phenoxy) is 1. The Balaban J connectivity index is 1.65. The molecule has 1 aliphatic rings. The monoisotopic (exact) mass is 260 g/mol. The molecule has 0 unspecified atom stereocenters. The molecule has 1 heterocycles. The molecule has 0 spiro atoms. The van der Waals surface area contributed by atoms with E-state index in [1.165, 1.54) is 12.1 Å². The molecule has 0 saturated heterocycles. The highest BCUT2D eigenvalue weighted by Crippen LogP contribution is 2.34. The second-order valence-electron chi connectivity index (χ2n) is 4.39. The van der Waals surface area contributed by atoms with E-state index in [-0.39, 0.29) is 12.2 Å². The standard InChI is InChI=1S/C12H12N4O3/c17-12(18)8-1-5-10(6-2-8)19-7-11-13-14-15-16(11)9-3-4-9/h1-2,5-6,9H,3-4,7H2,(H,17,18). The molecule has 98 valence electrons. The minimum Gasteiger partial charge on any atom is -0.486 e. The Bertz CT molecular complexity index is 589. The molecule has 1 N–H and O–H groups in total. The summed E-state index contributed by atoms with van der Waals surface area (Å²) in [5, 5.41) is 20.3. The van der Waals surface area contributed by atoms with Crippen LogP contribution in [-0.4, -0.2) is 31.3 Å². The fourth-order valence-electron chi connectivity index (χ4n) is 1.75. The zero-order chi connectivity index (χ0) is 13.2. The molecule has 19 heavy (non-hydrogen) atoms. The lowest BCUT2D eigenvalue weighted by Crippen LogP contribution is -2.07. The molecule has 1 fully saturated rings. The largest absolute Gasteiger partial charge is 0.486 e. The number of carboxylic acids is 1. The number of carboxylic acid groups (broad SMARTS) is 1. The number of tetrazole rings is 1. The molecule has 1 aromatic heterocycles. The second kappa shape index (κ2) is 4.68. The first-order valence-corrected chi connectivity index (χ1v) is 5.97. The summed E-state index contributed by atoms with van der Waals surface area (Å²) in [6.07, 6.45) is 2.21. The number of rotatable bonds is 5. The zero-order valence-electron chi connectivity index (χ0n) is 10.1. The number of aromatic carboxylic acids is 1. The van der Waals surface area contributed by atoms with Crippen LogP contribution in [0.15, 0.2) is 24.3 Å². The quantitative estimate of drug-likeness (QED) is 0.871. The summed E-state index contributed by atoms with van der Waals surface area (Å²) in [7, 11) is 0. The smallest absolute Gasteiger partial charge is 0.335 e. The SMILES string of the molecule is O=C(O)c1ccc(OCc2nnnn2C2CC2)cc1. The topological polar surface area (TPSA) is 90.1 Å². The number of aromatic nitrogens is 4. The number of hydrogen-bond acceptors (Lipinski definition) is 5. The third-order valence-electron chi connectivity index (χ3n) is 2.92. The van der Waals surface area contributed by atoms with Crippen LogP contribution in [-0.2, 0) is 6.61 Å². The van der Waals surface area contributed by atoms with E-state index >= 15 is 0 Å². The van der Waals surface area contributed by atoms with Crippen LogP contribution in [0.4, 0.5) is 0 Å². The number of nitrogens with zero attached hydrogens (tertiary/aromatic N) is 4. The summed E-state index contributed by atoms with van der Waals surface area (Å²) in [5.41, 5.74) is 0.232. The van der Waals surface area contributed by atoms with Gasteiger partial charge in [0.25, 0.3) is 0 Å². The van der Waals surface area contributed by atoms with Crippen molar-refractivity contribution < 1.29 is 14.6 Å². The lowest BCUT2D eigenvalue weighted by Gasteiger charge is -2.06. The lowest BCUT2D eigenvalue weighted by molar-refractivity contribution is 0.0697. The minimum atomic E-state index is -0.954. The van der Waals surface area contributed by atoms with Crippen molar-refractivity contribution in [1.82, 2.24) is 20.2 Å². The van der Waals surface area contributed by atoms with Gasteiger partial charge in [0.1, 0.15) is 12.4 Å². The van der Waals surface area contributed by atoms with Crippen LogP contribution in [0.25, 0.3) is 0 Å². The van der Waals surface area contributed by atoms with E-state index in [4.69, 9.17) is 9.84 Å². The molecular weight excluding hydrogens is 248 g/mol. The van der Waals surface area contributed by atoms with E-state index in [0.29, 0.717) is 17.6 Å². The van der Waals surface area contributed by atoms with Crippen molar-refractivity contribution in [2.45, 2.75) is 25.5 Å². The third-order valence-corrected chi connectivity index (χ3v) is 2.92. The van der Waals surface area contributed by atoms with Gasteiger partial charge in [-0.2, -0.15) is 0 Å². The second-order valence-corrected chi connectivity index (χ2v) is 4.39. The van der Waals surface area contributed by atoms with Crippen LogP contribution in [0.5, 0.6) is 5.75 Å². The van der Waals surface area contributed by atoms with Gasteiger partial charge in [-0.1, -0.05) is 0 Å². The van der Waals surface area contributed by atoms with Crippen LogP contribution < -0.4 is 4.74 Å². The molecule has 0 amide bonds. The van der Waals surface area contributed by atoms with Crippen LogP contribution in [0.1, 0.15) is 35.1 Å². The number of carbonyl (C=O) groups is 1. The van der Waals surface area contributed by atoms with Gasteiger partial charge in [0.2, 0.25) is 0 Å². The van der Waals surface area contributed by atoms with Gasteiger partial charge >= 0.3 is 5.97 Å². The van der Waals surface area contributed by atoms with Crippen molar-refractivity contribution >= 4 is 5.97 Å². The van der Waals surface area contributed by atoms with Crippen molar-refractivity contribution in [2.24, 2.45) is 0 Å². The van der Waals surface area contributed by atoms with Crippen molar-refractivity contribution in [2.75, 3.05) is 0 Å². The van der Waals surface area contributed by atoms with Gasteiger partial charge in [-0.25, -0.2) is 9.48 Å². The molecule has 0 aliphatic heterocycles. The van der Waals surface area contributed by atoms with Crippen LogP contribution in [0.2, 0.25) is 0 Å². The van der Waals surface area contributed by atoms with E-state index in [2.05, 4.69) is 15.5 Å². The third kappa shape index (κ3) is 2.54.